The molecule has 0 saturated heterocycles. The number of thioether (sulfide) groups is 1. The number of furan rings is 1. The highest BCUT2D eigenvalue weighted by molar-refractivity contribution is 7.98. The van der Waals surface area contributed by atoms with E-state index in [4.69, 9.17) is 4.42 Å². The van der Waals surface area contributed by atoms with Gasteiger partial charge in [-0.25, -0.2) is 4.99 Å². The topological polar surface area (TPSA) is 69.8 Å². The van der Waals surface area contributed by atoms with Crippen molar-refractivity contribution in [2.75, 3.05) is 31.6 Å². The molecule has 0 fully saturated rings. The van der Waals surface area contributed by atoms with Crippen molar-refractivity contribution in [1.82, 2.24) is 10.6 Å². The van der Waals surface area contributed by atoms with E-state index in [-0.39, 0.29) is 6.54 Å². The second-order valence-corrected chi connectivity index (χ2v) is 6.06. The zero-order valence-corrected chi connectivity index (χ0v) is 14.0. The molecule has 0 aliphatic carbocycles. The number of rotatable bonds is 9. The molecule has 0 spiro atoms. The van der Waals surface area contributed by atoms with E-state index in [2.05, 4.69) is 21.9 Å². The first-order valence-electron chi connectivity index (χ1n) is 7.37. The summed E-state index contributed by atoms with van der Waals surface area (Å²) < 4.78 is 5.25. The van der Waals surface area contributed by atoms with E-state index < -0.39 is 5.60 Å². The summed E-state index contributed by atoms with van der Waals surface area (Å²) in [5, 5.41) is 16.8. The lowest BCUT2D eigenvalue weighted by Crippen LogP contribution is -2.39. The predicted octanol–water partition coefficient (Wildman–Crippen LogP) is 2.19. The standard InChI is InChI=1S/C15H27N3O2S/c1-4-16-14(17-9-5-6-11-21-3)18-12-15(2,19)13-8-7-10-20-13/h7-8,10,19H,4-6,9,11-12H2,1-3H3,(H2,16,17,18). The molecule has 120 valence electrons. The van der Waals surface area contributed by atoms with E-state index in [1.165, 1.54) is 12.2 Å². The zero-order chi connectivity index (χ0) is 15.6. The summed E-state index contributed by atoms with van der Waals surface area (Å²) in [6.07, 6.45) is 5.98. The molecule has 1 rings (SSSR count). The lowest BCUT2D eigenvalue weighted by molar-refractivity contribution is 0.0437. The van der Waals surface area contributed by atoms with E-state index in [9.17, 15) is 5.11 Å². The molecule has 0 saturated carbocycles. The Morgan fingerprint density at radius 1 is 1.43 bits per heavy atom. The number of guanidine groups is 1. The van der Waals surface area contributed by atoms with Gasteiger partial charge in [-0.1, -0.05) is 0 Å². The van der Waals surface area contributed by atoms with Gasteiger partial charge in [-0.2, -0.15) is 11.8 Å². The van der Waals surface area contributed by atoms with E-state index in [1.807, 2.05) is 18.7 Å². The smallest absolute Gasteiger partial charge is 0.191 e. The Morgan fingerprint density at radius 3 is 2.86 bits per heavy atom. The maximum Gasteiger partial charge on any atom is 0.191 e. The molecule has 1 aromatic heterocycles. The van der Waals surface area contributed by atoms with Gasteiger partial charge in [-0.3, -0.25) is 0 Å². The molecular formula is C15H27N3O2S. The van der Waals surface area contributed by atoms with Gasteiger partial charge in [0, 0.05) is 13.1 Å². The fraction of sp³-hybridized carbons (Fsp3) is 0.667. The van der Waals surface area contributed by atoms with Crippen LogP contribution < -0.4 is 10.6 Å². The Labute approximate surface area is 131 Å². The number of unbranched alkanes of at least 4 members (excludes halogenated alkanes) is 1. The van der Waals surface area contributed by atoms with Crippen LogP contribution in [0.5, 0.6) is 0 Å². The third-order valence-corrected chi connectivity index (χ3v) is 3.71. The fourth-order valence-electron chi connectivity index (χ4n) is 1.82. The molecule has 0 aromatic carbocycles. The van der Waals surface area contributed by atoms with E-state index >= 15 is 0 Å². The van der Waals surface area contributed by atoms with E-state index in [0.717, 1.165) is 25.5 Å². The quantitative estimate of drug-likeness (QED) is 0.370. The number of hydrogen-bond acceptors (Lipinski definition) is 4. The molecule has 0 aliphatic rings. The van der Waals surface area contributed by atoms with Crippen molar-refractivity contribution in [2.24, 2.45) is 4.99 Å². The summed E-state index contributed by atoms with van der Waals surface area (Å²) in [6.45, 7) is 5.66. The fourth-order valence-corrected chi connectivity index (χ4v) is 2.31. The second kappa shape index (κ2) is 9.73. The van der Waals surface area contributed by atoms with Gasteiger partial charge in [-0.05, 0) is 50.8 Å². The third-order valence-electron chi connectivity index (χ3n) is 3.01. The Bertz CT molecular complexity index is 405. The Balaban J connectivity index is 2.47. The van der Waals surface area contributed by atoms with Crippen LogP contribution in [0.1, 0.15) is 32.4 Å². The lowest BCUT2D eigenvalue weighted by Gasteiger charge is -2.19. The van der Waals surface area contributed by atoms with Crippen molar-refractivity contribution in [2.45, 2.75) is 32.3 Å². The molecule has 0 aliphatic heterocycles. The van der Waals surface area contributed by atoms with Crippen LogP contribution in [0.15, 0.2) is 27.8 Å². The van der Waals surface area contributed by atoms with Gasteiger partial charge in [0.05, 0.1) is 12.8 Å². The number of aliphatic hydroxyl groups is 1. The molecule has 0 bridgehead atoms. The van der Waals surface area contributed by atoms with Crippen LogP contribution in [0.2, 0.25) is 0 Å². The first-order valence-corrected chi connectivity index (χ1v) is 8.77. The summed E-state index contributed by atoms with van der Waals surface area (Å²) >= 11 is 1.87. The maximum atomic E-state index is 10.4. The second-order valence-electron chi connectivity index (χ2n) is 5.07. The Hall–Kier alpha value is -1.14. The van der Waals surface area contributed by atoms with Crippen LogP contribution in [-0.2, 0) is 5.60 Å². The van der Waals surface area contributed by atoms with Crippen LogP contribution >= 0.6 is 11.8 Å². The third kappa shape index (κ3) is 6.91. The van der Waals surface area contributed by atoms with Crippen LogP contribution in [0, 0.1) is 0 Å². The predicted molar refractivity (Wildman–Crippen MR) is 89.9 cm³/mol. The molecule has 0 radical (unpaired) electrons. The molecule has 1 unspecified atom stereocenters. The molecule has 1 atom stereocenters. The molecule has 21 heavy (non-hydrogen) atoms. The number of aliphatic imine (C=N–C) groups is 1. The van der Waals surface area contributed by atoms with Crippen LogP contribution in [0.3, 0.4) is 0 Å². The maximum absolute atomic E-state index is 10.4. The van der Waals surface area contributed by atoms with Crippen LogP contribution in [0.4, 0.5) is 0 Å². The monoisotopic (exact) mass is 313 g/mol. The first kappa shape index (κ1) is 17.9. The van der Waals surface area contributed by atoms with Gasteiger partial charge in [-0.15, -0.1) is 0 Å². The molecule has 0 amide bonds. The number of nitrogens with zero attached hydrogens (tertiary/aromatic N) is 1. The summed E-state index contributed by atoms with van der Waals surface area (Å²) in [7, 11) is 0. The summed E-state index contributed by atoms with van der Waals surface area (Å²) in [5.74, 6) is 2.44. The number of hydrogen-bond donors (Lipinski definition) is 3. The first-order chi connectivity index (χ1) is 10.1. The average Bonchev–Trinajstić information content (AvgIpc) is 2.99. The highest BCUT2D eigenvalue weighted by Crippen LogP contribution is 2.20. The van der Waals surface area contributed by atoms with Gasteiger partial charge in [0.1, 0.15) is 11.4 Å². The van der Waals surface area contributed by atoms with E-state index in [0.29, 0.717) is 5.76 Å². The Morgan fingerprint density at radius 2 is 2.24 bits per heavy atom. The van der Waals surface area contributed by atoms with Gasteiger partial charge < -0.3 is 20.2 Å². The summed E-state index contributed by atoms with van der Waals surface area (Å²) in [5.41, 5.74) is -1.09. The minimum Gasteiger partial charge on any atom is -0.466 e. The van der Waals surface area contributed by atoms with Gasteiger partial charge >= 0.3 is 0 Å². The summed E-state index contributed by atoms with van der Waals surface area (Å²) in [4.78, 5) is 4.44. The largest absolute Gasteiger partial charge is 0.466 e. The molecule has 1 heterocycles. The normalized spacial score (nSPS) is 14.8. The number of nitrogens with one attached hydrogen (secondary N) is 2. The highest BCUT2D eigenvalue weighted by Gasteiger charge is 2.25. The van der Waals surface area contributed by atoms with Gasteiger partial charge in [0.25, 0.3) is 0 Å². The Kier molecular flexibility index (Phi) is 8.30. The van der Waals surface area contributed by atoms with Crippen molar-refractivity contribution in [3.8, 4) is 0 Å². The molecule has 5 nitrogen and oxygen atoms in total. The SMILES string of the molecule is CCNC(=NCC(C)(O)c1ccco1)NCCCCSC. The lowest BCUT2D eigenvalue weighted by atomic mass is 10.0. The highest BCUT2D eigenvalue weighted by atomic mass is 32.2. The molecular weight excluding hydrogens is 286 g/mol. The molecule has 3 N–H and O–H groups in total. The van der Waals surface area contributed by atoms with Crippen molar-refractivity contribution in [3.05, 3.63) is 24.2 Å². The summed E-state index contributed by atoms with van der Waals surface area (Å²) in [6, 6.07) is 3.53. The van der Waals surface area contributed by atoms with Crippen molar-refractivity contribution < 1.29 is 9.52 Å². The van der Waals surface area contributed by atoms with Crippen LogP contribution in [-0.4, -0.2) is 42.7 Å². The van der Waals surface area contributed by atoms with Crippen molar-refractivity contribution in [1.29, 1.82) is 0 Å². The van der Waals surface area contributed by atoms with Crippen molar-refractivity contribution >= 4 is 17.7 Å². The zero-order valence-electron chi connectivity index (χ0n) is 13.2. The van der Waals surface area contributed by atoms with Gasteiger partial charge in [0.15, 0.2) is 5.96 Å². The molecule has 6 heteroatoms. The average molecular weight is 313 g/mol. The van der Waals surface area contributed by atoms with E-state index in [1.54, 1.807) is 25.3 Å². The minimum atomic E-state index is -1.09. The van der Waals surface area contributed by atoms with Crippen LogP contribution in [0.25, 0.3) is 0 Å². The minimum absolute atomic E-state index is 0.251. The molecule has 1 aromatic rings. The van der Waals surface area contributed by atoms with Gasteiger partial charge in [0.2, 0.25) is 0 Å². The van der Waals surface area contributed by atoms with Crippen molar-refractivity contribution in [3.63, 3.8) is 0 Å².